The molecule has 0 atom stereocenters. The molecule has 18 heteroatoms. The van der Waals surface area contributed by atoms with Crippen LogP contribution in [0.1, 0.15) is 0 Å². The van der Waals surface area contributed by atoms with Gasteiger partial charge in [0, 0.05) is 0 Å². The Bertz CT molecular complexity index is 219. The summed E-state index contributed by atoms with van der Waals surface area (Å²) < 4.78 is 8.88. The summed E-state index contributed by atoms with van der Waals surface area (Å²) in [5, 5.41) is 44.2. The zero-order valence-electron chi connectivity index (χ0n) is 7.79. The van der Waals surface area contributed by atoms with Crippen molar-refractivity contribution >= 4 is 25.2 Å². The zero-order valence-corrected chi connectivity index (χ0v) is 9.84. The largest absolute Gasteiger partial charge is 3.00 e. The summed E-state index contributed by atoms with van der Waals surface area (Å²) >= 11 is 0. The second-order valence-corrected chi connectivity index (χ2v) is 2.21. The van der Waals surface area contributed by atoms with E-state index in [2.05, 4.69) is 0 Å². The fourth-order valence-corrected chi connectivity index (χ4v) is 0. The minimum Gasteiger partial charge on any atom is -0.356 e. The second kappa shape index (κ2) is 17.6. The predicted molar refractivity (Wildman–Crippen MR) is 51.1 cm³/mol. The van der Waals surface area contributed by atoms with Gasteiger partial charge in [0.1, 0.15) is 0 Å². The van der Waals surface area contributed by atoms with Crippen LogP contribution in [0, 0.1) is 46.0 Å². The Labute approximate surface area is 106 Å². The van der Waals surface area contributed by atoms with Crippen LogP contribution < -0.4 is 0 Å². The van der Waals surface area contributed by atoms with Crippen LogP contribution in [0.2, 0.25) is 0 Å². The van der Waals surface area contributed by atoms with Gasteiger partial charge in [0.25, 0.3) is 0 Å². The van der Waals surface area contributed by atoms with Gasteiger partial charge >= 0.3 is 25.2 Å². The molecule has 0 spiro atoms. The summed E-state index contributed by atoms with van der Waals surface area (Å²) in [6.07, 6.45) is 0. The van der Waals surface area contributed by atoms with Crippen LogP contribution in [-0.2, 0) is 4.57 Å². The Balaban J connectivity index is -0.0000000412. The van der Waals surface area contributed by atoms with Crippen molar-refractivity contribution in [3.05, 3.63) is 46.0 Å². The molecule has 0 unspecified atom stereocenters. The molecular formula is H3AlN3O13P. The molecule has 0 saturated carbocycles. The minimum absolute atomic E-state index is 0. The number of hydrogen-bond donors (Lipinski definition) is 3. The van der Waals surface area contributed by atoms with E-state index >= 15 is 0 Å². The van der Waals surface area contributed by atoms with Crippen LogP contribution in [0.5, 0.6) is 0 Å². The monoisotopic (exact) mass is 311 g/mol. The first-order valence-electron chi connectivity index (χ1n) is 2.43. The summed E-state index contributed by atoms with van der Waals surface area (Å²) in [7, 11) is -4.64. The van der Waals surface area contributed by atoms with Crippen LogP contribution in [0.4, 0.5) is 0 Å². The van der Waals surface area contributed by atoms with Crippen LogP contribution >= 0.6 is 7.82 Å². The topological polar surface area (TPSA) is 276 Å². The normalized spacial score (nSPS) is 7.28. The van der Waals surface area contributed by atoms with Crippen molar-refractivity contribution in [2.75, 3.05) is 0 Å². The average Bonchev–Trinajstić information content (AvgIpc) is 1.73. The first kappa shape index (κ1) is 29.9. The molecule has 0 radical (unpaired) electrons. The molecule has 0 saturated heterocycles. The van der Waals surface area contributed by atoms with Crippen molar-refractivity contribution < 1.29 is 34.5 Å². The number of phosphoric acid groups is 1. The molecule has 0 amide bonds. The Morgan fingerprint density at radius 2 is 0.667 bits per heavy atom. The third-order valence-electron chi connectivity index (χ3n) is 0. The SMILES string of the molecule is O=P(O)(O)O.O=[N+]([O-])[O-].O=[N+]([O-])[O-].O=[N+]([O-])[O-].[Al+3]. The number of nitrogens with zero attached hydrogens (tertiary/aromatic N) is 3. The van der Waals surface area contributed by atoms with Crippen molar-refractivity contribution in [3.8, 4) is 0 Å². The third kappa shape index (κ3) is 809. The van der Waals surface area contributed by atoms with Gasteiger partial charge in [-0.05, 0) is 0 Å². The molecule has 16 nitrogen and oxygen atoms in total. The van der Waals surface area contributed by atoms with Crippen LogP contribution in [0.25, 0.3) is 0 Å². The van der Waals surface area contributed by atoms with Gasteiger partial charge in [0.2, 0.25) is 0 Å². The Morgan fingerprint density at radius 1 is 0.667 bits per heavy atom. The summed E-state index contributed by atoms with van der Waals surface area (Å²) in [4.78, 5) is 46.3. The van der Waals surface area contributed by atoms with E-state index < -0.39 is 23.1 Å². The molecule has 0 heterocycles. The Hall–Kier alpha value is -1.76. The van der Waals surface area contributed by atoms with Gasteiger partial charge in [-0.2, -0.15) is 0 Å². The maximum atomic E-state index is 8.88. The maximum absolute atomic E-state index is 8.88. The number of rotatable bonds is 0. The Morgan fingerprint density at radius 3 is 0.667 bits per heavy atom. The van der Waals surface area contributed by atoms with Crippen molar-refractivity contribution in [3.63, 3.8) is 0 Å². The van der Waals surface area contributed by atoms with Gasteiger partial charge in [-0.1, -0.05) is 0 Å². The molecule has 104 valence electrons. The van der Waals surface area contributed by atoms with Gasteiger partial charge in [0.05, 0.1) is 15.3 Å². The van der Waals surface area contributed by atoms with Crippen molar-refractivity contribution in [1.29, 1.82) is 0 Å². The number of hydrogen-bond acceptors (Lipinski definition) is 10. The zero-order chi connectivity index (χ0) is 15.2. The molecule has 0 aromatic heterocycles. The van der Waals surface area contributed by atoms with Gasteiger partial charge in [-0.25, -0.2) is 4.57 Å². The van der Waals surface area contributed by atoms with E-state index in [0.29, 0.717) is 0 Å². The fourth-order valence-electron chi connectivity index (χ4n) is 0. The minimum atomic E-state index is -4.64. The van der Waals surface area contributed by atoms with E-state index in [1.54, 1.807) is 0 Å². The first-order valence-corrected chi connectivity index (χ1v) is 3.99. The van der Waals surface area contributed by atoms with Crippen molar-refractivity contribution in [2.24, 2.45) is 0 Å². The molecule has 0 aliphatic carbocycles. The van der Waals surface area contributed by atoms with E-state index in [1.165, 1.54) is 0 Å². The van der Waals surface area contributed by atoms with E-state index in [9.17, 15) is 0 Å². The molecule has 18 heavy (non-hydrogen) atoms. The summed E-state index contributed by atoms with van der Waals surface area (Å²) in [5.74, 6) is 0. The molecule has 0 aromatic rings. The summed E-state index contributed by atoms with van der Waals surface area (Å²) in [5.41, 5.74) is 0. The van der Waals surface area contributed by atoms with Crippen molar-refractivity contribution in [2.45, 2.75) is 0 Å². The smallest absolute Gasteiger partial charge is 0.356 e. The van der Waals surface area contributed by atoms with E-state index in [0.717, 1.165) is 0 Å². The standard InChI is InChI=1S/Al.3NO3.H3O4P/c;3*2-1(3)4;1-5(2,3)4/h;;;;(H3,1,2,3,4)/q+3;3*-1;. The molecule has 0 aromatic carbocycles. The van der Waals surface area contributed by atoms with Crippen LogP contribution in [-0.4, -0.2) is 47.3 Å². The third-order valence-corrected chi connectivity index (χ3v) is 0. The van der Waals surface area contributed by atoms with Gasteiger partial charge in [-0.3, -0.25) is 0 Å². The van der Waals surface area contributed by atoms with Gasteiger partial charge in [-0.15, -0.1) is 0 Å². The van der Waals surface area contributed by atoms with E-state index in [4.69, 9.17) is 65.2 Å². The molecule has 0 aliphatic heterocycles. The molecular weight excluding hydrogens is 308 g/mol. The van der Waals surface area contributed by atoms with Gasteiger partial charge in [0.15, 0.2) is 0 Å². The molecule has 0 rings (SSSR count). The van der Waals surface area contributed by atoms with E-state index in [1.807, 2.05) is 0 Å². The van der Waals surface area contributed by atoms with Gasteiger partial charge < -0.3 is 60.6 Å². The molecule has 0 bridgehead atoms. The first-order chi connectivity index (χ1) is 7.20. The fraction of sp³-hybridized carbons (Fsp3) is 0. The second-order valence-electron chi connectivity index (χ2n) is 1.18. The summed E-state index contributed by atoms with van der Waals surface area (Å²) in [6.45, 7) is 0. The maximum Gasteiger partial charge on any atom is 3.00 e. The van der Waals surface area contributed by atoms with Crippen LogP contribution in [0.15, 0.2) is 0 Å². The Kier molecular flexibility index (Phi) is 29.2. The molecule has 0 aliphatic rings. The molecule has 3 N–H and O–H groups in total. The summed E-state index contributed by atoms with van der Waals surface area (Å²) in [6, 6.07) is 0. The van der Waals surface area contributed by atoms with E-state index in [-0.39, 0.29) is 17.4 Å². The van der Waals surface area contributed by atoms with Crippen LogP contribution in [0.3, 0.4) is 0 Å². The predicted octanol–water partition coefficient (Wildman–Crippen LogP) is -2.03. The molecule has 0 fully saturated rings. The quantitative estimate of drug-likeness (QED) is 0.188. The van der Waals surface area contributed by atoms with Crippen molar-refractivity contribution in [1.82, 2.24) is 0 Å². The average molecular weight is 311 g/mol.